The highest BCUT2D eigenvalue weighted by Crippen LogP contribution is 2.24. The van der Waals surface area contributed by atoms with E-state index in [9.17, 15) is 0 Å². The van der Waals surface area contributed by atoms with E-state index in [-0.39, 0.29) is 5.79 Å². The van der Waals surface area contributed by atoms with Gasteiger partial charge in [-0.1, -0.05) is 13.0 Å². The van der Waals surface area contributed by atoms with E-state index in [0.29, 0.717) is 12.1 Å². The van der Waals surface area contributed by atoms with Crippen LogP contribution in [0.15, 0.2) is 24.4 Å². The number of rotatable bonds is 5. The number of hydrogen-bond acceptors (Lipinski definition) is 4. The van der Waals surface area contributed by atoms with Gasteiger partial charge < -0.3 is 10.2 Å². The van der Waals surface area contributed by atoms with Gasteiger partial charge in [-0.05, 0) is 71.7 Å². The smallest absolute Gasteiger partial charge is 0.166 e. The van der Waals surface area contributed by atoms with Crippen molar-refractivity contribution < 1.29 is 0 Å². The molecule has 114 valence electrons. The summed E-state index contributed by atoms with van der Waals surface area (Å²) in [5, 5.41) is 7.28. The van der Waals surface area contributed by atoms with E-state index in [1.165, 1.54) is 25.9 Å². The SMILES string of the molecule is CCN(C1CCN(C)CC1)C1(NC(C)C)C=CC=CN1. The van der Waals surface area contributed by atoms with E-state index in [4.69, 9.17) is 0 Å². The molecule has 0 aromatic rings. The maximum atomic E-state index is 3.72. The Morgan fingerprint density at radius 1 is 1.35 bits per heavy atom. The quantitative estimate of drug-likeness (QED) is 0.750. The molecule has 2 rings (SSSR count). The summed E-state index contributed by atoms with van der Waals surface area (Å²) < 4.78 is 0. The van der Waals surface area contributed by atoms with E-state index >= 15 is 0 Å². The van der Waals surface area contributed by atoms with Crippen LogP contribution < -0.4 is 10.6 Å². The molecule has 0 aliphatic carbocycles. The molecule has 0 bridgehead atoms. The van der Waals surface area contributed by atoms with Crippen molar-refractivity contribution in [2.75, 3.05) is 26.7 Å². The zero-order valence-corrected chi connectivity index (χ0v) is 13.4. The van der Waals surface area contributed by atoms with Crippen LogP contribution in [0.25, 0.3) is 0 Å². The van der Waals surface area contributed by atoms with Gasteiger partial charge in [-0.2, -0.15) is 0 Å². The van der Waals surface area contributed by atoms with Crippen molar-refractivity contribution in [2.24, 2.45) is 0 Å². The largest absolute Gasteiger partial charge is 0.358 e. The van der Waals surface area contributed by atoms with Crippen molar-refractivity contribution in [3.05, 3.63) is 24.4 Å². The minimum atomic E-state index is -0.238. The Hall–Kier alpha value is -0.840. The third kappa shape index (κ3) is 3.43. The number of likely N-dealkylation sites (N-methyl/N-ethyl adjacent to an activating group) is 1. The molecule has 1 fully saturated rings. The molecule has 1 saturated heterocycles. The molecule has 0 aromatic carbocycles. The Bertz CT molecular complexity index is 355. The molecule has 1 unspecified atom stereocenters. The van der Waals surface area contributed by atoms with Crippen LogP contribution in [0.1, 0.15) is 33.6 Å². The number of nitrogens with one attached hydrogen (secondary N) is 2. The summed E-state index contributed by atoms with van der Waals surface area (Å²) in [5.74, 6) is -0.238. The molecule has 1 atom stereocenters. The topological polar surface area (TPSA) is 30.5 Å². The molecule has 2 aliphatic rings. The van der Waals surface area contributed by atoms with Crippen molar-refractivity contribution in [3.8, 4) is 0 Å². The molecule has 2 aliphatic heterocycles. The van der Waals surface area contributed by atoms with Crippen LogP contribution in [0, 0.1) is 0 Å². The first-order chi connectivity index (χ1) is 9.57. The van der Waals surface area contributed by atoms with Crippen LogP contribution in [0.2, 0.25) is 0 Å². The summed E-state index contributed by atoms with van der Waals surface area (Å²) in [6.45, 7) is 10.1. The predicted octanol–water partition coefficient (Wildman–Crippen LogP) is 1.73. The number of likely N-dealkylation sites (tertiary alicyclic amines) is 1. The van der Waals surface area contributed by atoms with E-state index in [1.54, 1.807) is 0 Å². The van der Waals surface area contributed by atoms with Gasteiger partial charge in [0.1, 0.15) is 0 Å². The number of dihydropyridines is 1. The standard InChI is InChI=1S/C16H30N4/c1-5-20(15-8-12-19(4)13-9-15)16(18-14(2)3)10-6-7-11-17-16/h6-7,10-11,14-15,17-18H,5,8-9,12-13H2,1-4H3. The maximum Gasteiger partial charge on any atom is 0.166 e. The molecular formula is C16H30N4. The molecule has 0 aromatic heterocycles. The zero-order valence-electron chi connectivity index (χ0n) is 13.4. The van der Waals surface area contributed by atoms with Crippen LogP contribution >= 0.6 is 0 Å². The molecule has 0 saturated carbocycles. The Labute approximate surface area is 123 Å². The molecule has 2 heterocycles. The lowest BCUT2D eigenvalue weighted by atomic mass is 10.0. The second-order valence-corrected chi connectivity index (χ2v) is 6.25. The maximum absolute atomic E-state index is 3.72. The second kappa shape index (κ2) is 6.74. The highest BCUT2D eigenvalue weighted by atomic mass is 15.5. The van der Waals surface area contributed by atoms with E-state index < -0.39 is 0 Å². The summed E-state index contributed by atoms with van der Waals surface area (Å²) in [4.78, 5) is 5.01. The van der Waals surface area contributed by atoms with Crippen molar-refractivity contribution in [1.82, 2.24) is 20.4 Å². The van der Waals surface area contributed by atoms with Gasteiger partial charge in [0, 0.05) is 12.1 Å². The average Bonchev–Trinajstić information content (AvgIpc) is 2.42. The fraction of sp³-hybridized carbons (Fsp3) is 0.750. The Balaban J connectivity index is 2.16. The second-order valence-electron chi connectivity index (χ2n) is 6.25. The highest BCUT2D eigenvalue weighted by Gasteiger charge is 2.38. The van der Waals surface area contributed by atoms with Crippen LogP contribution in [0.3, 0.4) is 0 Å². The Morgan fingerprint density at radius 2 is 2.05 bits per heavy atom. The van der Waals surface area contributed by atoms with Gasteiger partial charge in [0.25, 0.3) is 0 Å². The first-order valence-corrected chi connectivity index (χ1v) is 7.92. The van der Waals surface area contributed by atoms with Crippen molar-refractivity contribution >= 4 is 0 Å². The summed E-state index contributed by atoms with van der Waals surface area (Å²) in [5.41, 5.74) is 0. The molecule has 4 heteroatoms. The van der Waals surface area contributed by atoms with Gasteiger partial charge in [-0.25, -0.2) is 0 Å². The van der Waals surface area contributed by atoms with Gasteiger partial charge in [0.15, 0.2) is 5.79 Å². The lowest BCUT2D eigenvalue weighted by Crippen LogP contribution is -2.70. The van der Waals surface area contributed by atoms with Crippen LogP contribution in [-0.2, 0) is 0 Å². The number of piperidine rings is 1. The first-order valence-electron chi connectivity index (χ1n) is 7.92. The molecule has 0 spiro atoms. The molecule has 0 radical (unpaired) electrons. The van der Waals surface area contributed by atoms with Crippen molar-refractivity contribution in [3.63, 3.8) is 0 Å². The van der Waals surface area contributed by atoms with Gasteiger partial charge in [-0.3, -0.25) is 10.2 Å². The van der Waals surface area contributed by atoms with E-state index in [2.05, 4.69) is 66.5 Å². The van der Waals surface area contributed by atoms with Gasteiger partial charge >= 0.3 is 0 Å². The molecular weight excluding hydrogens is 248 g/mol. The van der Waals surface area contributed by atoms with Crippen molar-refractivity contribution in [2.45, 2.75) is 51.5 Å². The molecule has 2 N–H and O–H groups in total. The van der Waals surface area contributed by atoms with E-state index in [1.807, 2.05) is 6.20 Å². The minimum Gasteiger partial charge on any atom is -0.358 e. The summed E-state index contributed by atoms with van der Waals surface area (Å²) in [7, 11) is 2.22. The zero-order chi connectivity index (χ0) is 14.6. The monoisotopic (exact) mass is 278 g/mol. The van der Waals surface area contributed by atoms with Crippen molar-refractivity contribution in [1.29, 1.82) is 0 Å². The van der Waals surface area contributed by atoms with Crippen LogP contribution in [0.5, 0.6) is 0 Å². The Morgan fingerprint density at radius 3 is 2.55 bits per heavy atom. The fourth-order valence-electron chi connectivity index (χ4n) is 3.37. The number of allylic oxidation sites excluding steroid dienone is 2. The molecule has 0 amide bonds. The normalized spacial score (nSPS) is 28.3. The van der Waals surface area contributed by atoms with Gasteiger partial charge in [0.05, 0.1) is 0 Å². The molecule has 20 heavy (non-hydrogen) atoms. The number of hydrogen-bond donors (Lipinski definition) is 2. The van der Waals surface area contributed by atoms with Crippen LogP contribution in [-0.4, -0.2) is 54.4 Å². The number of nitrogens with zero attached hydrogens (tertiary/aromatic N) is 2. The first kappa shape index (κ1) is 15.5. The van der Waals surface area contributed by atoms with Gasteiger partial charge in [0.2, 0.25) is 0 Å². The third-order valence-electron chi connectivity index (χ3n) is 4.28. The lowest BCUT2D eigenvalue weighted by Gasteiger charge is -2.49. The average molecular weight is 278 g/mol. The lowest BCUT2D eigenvalue weighted by molar-refractivity contribution is 0.00751. The molecule has 4 nitrogen and oxygen atoms in total. The van der Waals surface area contributed by atoms with E-state index in [0.717, 1.165) is 6.54 Å². The third-order valence-corrected chi connectivity index (χ3v) is 4.28. The highest BCUT2D eigenvalue weighted by molar-refractivity contribution is 5.19. The summed E-state index contributed by atoms with van der Waals surface area (Å²) >= 11 is 0. The summed E-state index contributed by atoms with van der Waals surface area (Å²) in [6, 6.07) is 1.06. The van der Waals surface area contributed by atoms with Crippen LogP contribution in [0.4, 0.5) is 0 Å². The van der Waals surface area contributed by atoms with Gasteiger partial charge in [-0.15, -0.1) is 0 Å². The summed E-state index contributed by atoms with van der Waals surface area (Å²) in [6.07, 6.45) is 11.0. The predicted molar refractivity (Wildman–Crippen MR) is 85.3 cm³/mol. The fourth-order valence-corrected chi connectivity index (χ4v) is 3.37. The minimum absolute atomic E-state index is 0.238. The Kier molecular flexibility index (Phi) is 5.24.